The summed E-state index contributed by atoms with van der Waals surface area (Å²) in [6, 6.07) is 13.7. The van der Waals surface area contributed by atoms with Crippen molar-refractivity contribution in [2.75, 3.05) is 43.0 Å². The lowest BCUT2D eigenvalue weighted by atomic mass is 10.2. The Morgan fingerprint density at radius 1 is 1.03 bits per heavy atom. The van der Waals surface area contributed by atoms with Crippen molar-refractivity contribution in [3.8, 4) is 0 Å². The van der Waals surface area contributed by atoms with Crippen molar-refractivity contribution in [2.45, 2.75) is 13.5 Å². The van der Waals surface area contributed by atoms with E-state index >= 15 is 0 Å². The fourth-order valence-corrected chi connectivity index (χ4v) is 4.32. The lowest BCUT2D eigenvalue weighted by molar-refractivity contribution is -0.130. The Morgan fingerprint density at radius 3 is 2.55 bits per heavy atom. The van der Waals surface area contributed by atoms with Crippen LogP contribution in [0, 0.1) is 6.92 Å². The van der Waals surface area contributed by atoms with Crippen LogP contribution in [0.25, 0.3) is 5.65 Å². The van der Waals surface area contributed by atoms with E-state index in [4.69, 9.17) is 0 Å². The van der Waals surface area contributed by atoms with Crippen LogP contribution in [0.1, 0.15) is 11.3 Å². The Morgan fingerprint density at radius 2 is 1.81 bits per heavy atom. The summed E-state index contributed by atoms with van der Waals surface area (Å²) in [5.74, 6) is 0.612. The lowest BCUT2D eigenvalue weighted by Gasteiger charge is -2.34. The molecule has 1 aliphatic rings. The molecular weight excluding hydrogens is 410 g/mol. The van der Waals surface area contributed by atoms with E-state index in [9.17, 15) is 9.59 Å². The summed E-state index contributed by atoms with van der Waals surface area (Å²) in [7, 11) is 0. The summed E-state index contributed by atoms with van der Waals surface area (Å²) in [5.41, 5.74) is 3.93. The van der Waals surface area contributed by atoms with E-state index in [1.54, 1.807) is 0 Å². The standard InChI is InChI=1S/C23H27N5O2S/c1-18-5-7-19(8-6-18)25-22(29)16-31-17-23(30)27-12-10-26(11-13-27)14-20-15-28-9-3-2-4-21(28)24-20/h2-9,15H,10-14,16-17H2,1H3,(H,25,29). The Labute approximate surface area is 186 Å². The highest BCUT2D eigenvalue weighted by atomic mass is 32.2. The number of aromatic nitrogens is 2. The van der Waals surface area contributed by atoms with Gasteiger partial charge in [0.15, 0.2) is 0 Å². The molecule has 8 heteroatoms. The van der Waals surface area contributed by atoms with Gasteiger partial charge < -0.3 is 14.6 Å². The Hall–Kier alpha value is -2.84. The number of piperazine rings is 1. The number of nitrogens with zero attached hydrogens (tertiary/aromatic N) is 4. The number of carbonyl (C=O) groups excluding carboxylic acids is 2. The van der Waals surface area contributed by atoms with Crippen molar-refractivity contribution in [2.24, 2.45) is 0 Å². The zero-order chi connectivity index (χ0) is 21.6. The summed E-state index contributed by atoms with van der Waals surface area (Å²) in [5, 5.41) is 2.86. The second kappa shape index (κ2) is 9.98. The average molecular weight is 438 g/mol. The van der Waals surface area contributed by atoms with E-state index in [-0.39, 0.29) is 17.6 Å². The molecule has 0 radical (unpaired) electrons. The van der Waals surface area contributed by atoms with Crippen LogP contribution in [0.15, 0.2) is 54.9 Å². The quantitative estimate of drug-likeness (QED) is 0.615. The molecule has 1 aliphatic heterocycles. The smallest absolute Gasteiger partial charge is 0.234 e. The fourth-order valence-electron chi connectivity index (χ4n) is 3.60. The first-order valence-electron chi connectivity index (χ1n) is 10.4. The van der Waals surface area contributed by atoms with E-state index in [0.717, 1.165) is 42.2 Å². The van der Waals surface area contributed by atoms with Gasteiger partial charge >= 0.3 is 0 Å². The number of hydrogen-bond donors (Lipinski definition) is 1. The summed E-state index contributed by atoms with van der Waals surface area (Å²) < 4.78 is 2.03. The Balaban J connectivity index is 1.16. The molecule has 1 saturated heterocycles. The molecule has 3 aromatic rings. The number of fused-ring (bicyclic) bond motifs is 1. The first-order chi connectivity index (χ1) is 15.1. The fraction of sp³-hybridized carbons (Fsp3) is 0.348. The normalized spacial score (nSPS) is 14.7. The summed E-state index contributed by atoms with van der Waals surface area (Å²) in [4.78, 5) is 33.4. The predicted molar refractivity (Wildman–Crippen MR) is 124 cm³/mol. The third-order valence-corrected chi connectivity index (χ3v) is 6.24. The topological polar surface area (TPSA) is 70.0 Å². The molecule has 1 fully saturated rings. The first-order valence-corrected chi connectivity index (χ1v) is 11.6. The third-order valence-electron chi connectivity index (χ3n) is 5.32. The first kappa shape index (κ1) is 21.4. The molecule has 0 bridgehead atoms. The van der Waals surface area contributed by atoms with E-state index < -0.39 is 0 Å². The number of thioether (sulfide) groups is 1. The number of carbonyl (C=O) groups is 2. The molecule has 3 heterocycles. The van der Waals surface area contributed by atoms with Crippen molar-refractivity contribution in [1.82, 2.24) is 19.2 Å². The Bertz CT molecular complexity index is 1010. The van der Waals surface area contributed by atoms with Crippen molar-refractivity contribution in [1.29, 1.82) is 0 Å². The molecule has 7 nitrogen and oxygen atoms in total. The van der Waals surface area contributed by atoms with Gasteiger partial charge in [0.1, 0.15) is 5.65 Å². The van der Waals surface area contributed by atoms with Crippen molar-refractivity contribution in [3.63, 3.8) is 0 Å². The van der Waals surface area contributed by atoms with Gasteiger partial charge in [0, 0.05) is 50.8 Å². The van der Waals surface area contributed by atoms with Gasteiger partial charge in [0.25, 0.3) is 0 Å². The number of hydrogen-bond acceptors (Lipinski definition) is 5. The zero-order valence-electron chi connectivity index (χ0n) is 17.7. The van der Waals surface area contributed by atoms with E-state index in [2.05, 4.69) is 21.4 Å². The summed E-state index contributed by atoms with van der Waals surface area (Å²) >= 11 is 1.36. The highest BCUT2D eigenvalue weighted by Crippen LogP contribution is 2.13. The maximum absolute atomic E-state index is 12.5. The van der Waals surface area contributed by atoms with Gasteiger partial charge in [-0.1, -0.05) is 23.8 Å². The van der Waals surface area contributed by atoms with E-state index in [0.29, 0.717) is 18.8 Å². The molecule has 4 rings (SSSR count). The van der Waals surface area contributed by atoms with Crippen LogP contribution in [0.3, 0.4) is 0 Å². The van der Waals surface area contributed by atoms with Crippen LogP contribution in [0.2, 0.25) is 0 Å². The van der Waals surface area contributed by atoms with E-state index in [1.807, 2.05) is 64.9 Å². The molecule has 31 heavy (non-hydrogen) atoms. The zero-order valence-corrected chi connectivity index (χ0v) is 18.5. The molecule has 0 atom stereocenters. The van der Waals surface area contributed by atoms with Crippen LogP contribution in [0.5, 0.6) is 0 Å². The van der Waals surface area contributed by atoms with Crippen LogP contribution in [-0.2, 0) is 16.1 Å². The monoisotopic (exact) mass is 437 g/mol. The minimum atomic E-state index is -0.0843. The van der Waals surface area contributed by atoms with Crippen molar-refractivity contribution in [3.05, 3.63) is 66.1 Å². The number of amides is 2. The average Bonchev–Trinajstić information content (AvgIpc) is 3.18. The molecule has 1 aromatic carbocycles. The number of rotatable bonds is 7. The molecule has 2 aromatic heterocycles. The van der Waals surface area contributed by atoms with Crippen LogP contribution in [0.4, 0.5) is 5.69 Å². The van der Waals surface area contributed by atoms with Gasteiger partial charge in [-0.2, -0.15) is 0 Å². The largest absolute Gasteiger partial charge is 0.339 e. The molecular formula is C23H27N5O2S. The number of nitrogens with one attached hydrogen (secondary N) is 1. The maximum Gasteiger partial charge on any atom is 0.234 e. The number of pyridine rings is 1. The highest BCUT2D eigenvalue weighted by molar-refractivity contribution is 8.00. The lowest BCUT2D eigenvalue weighted by Crippen LogP contribution is -2.48. The SMILES string of the molecule is Cc1ccc(NC(=O)CSCC(=O)N2CCN(Cc3cn4ccccc4n3)CC2)cc1. The molecule has 0 saturated carbocycles. The highest BCUT2D eigenvalue weighted by Gasteiger charge is 2.21. The molecule has 162 valence electrons. The van der Waals surface area contributed by atoms with E-state index in [1.165, 1.54) is 11.8 Å². The molecule has 1 N–H and O–H groups in total. The summed E-state index contributed by atoms with van der Waals surface area (Å²) in [6.45, 7) is 5.88. The summed E-state index contributed by atoms with van der Waals surface area (Å²) in [6.07, 6.45) is 4.06. The minimum Gasteiger partial charge on any atom is -0.339 e. The van der Waals surface area contributed by atoms with Crippen LogP contribution >= 0.6 is 11.8 Å². The molecule has 0 aliphatic carbocycles. The second-order valence-corrected chi connectivity index (χ2v) is 8.75. The Kier molecular flexibility index (Phi) is 6.89. The molecule has 0 unspecified atom stereocenters. The van der Waals surface area contributed by atoms with Crippen LogP contribution in [-0.4, -0.2) is 68.7 Å². The van der Waals surface area contributed by atoms with Gasteiger partial charge in [0.2, 0.25) is 11.8 Å². The second-order valence-electron chi connectivity index (χ2n) is 7.76. The molecule has 0 spiro atoms. The number of aryl methyl sites for hydroxylation is 1. The third kappa shape index (κ3) is 5.86. The molecule has 2 amide bonds. The number of benzene rings is 1. The predicted octanol–water partition coefficient (Wildman–Crippen LogP) is 2.66. The minimum absolute atomic E-state index is 0.0843. The number of anilines is 1. The van der Waals surface area contributed by atoms with Crippen molar-refractivity contribution >= 4 is 34.9 Å². The number of imidazole rings is 1. The van der Waals surface area contributed by atoms with Gasteiger partial charge in [-0.15, -0.1) is 11.8 Å². The van der Waals surface area contributed by atoms with Crippen molar-refractivity contribution < 1.29 is 9.59 Å². The van der Waals surface area contributed by atoms with Gasteiger partial charge in [-0.05, 0) is 31.2 Å². The van der Waals surface area contributed by atoms with Gasteiger partial charge in [-0.25, -0.2) is 4.98 Å². The van der Waals surface area contributed by atoms with Crippen LogP contribution < -0.4 is 5.32 Å². The van der Waals surface area contributed by atoms with Gasteiger partial charge in [0.05, 0.1) is 17.2 Å². The van der Waals surface area contributed by atoms with Gasteiger partial charge in [-0.3, -0.25) is 14.5 Å². The maximum atomic E-state index is 12.5.